The molecular formula is C23H26N2O3. The highest BCUT2D eigenvalue weighted by atomic mass is 16.5. The SMILES string of the molecule is Cc1noc(C)c1-c1cc2c(c(C(=O)C3CCC(C)(C)O3)c1)N=C(C1CC1)C2. The van der Waals surface area contributed by atoms with Crippen LogP contribution in [0.1, 0.15) is 66.9 Å². The molecule has 1 saturated carbocycles. The molecule has 0 spiro atoms. The van der Waals surface area contributed by atoms with E-state index in [4.69, 9.17) is 14.3 Å². The molecule has 1 aromatic carbocycles. The normalized spacial score (nSPS) is 23.0. The summed E-state index contributed by atoms with van der Waals surface area (Å²) in [6, 6.07) is 4.14. The zero-order chi connectivity index (χ0) is 19.6. The van der Waals surface area contributed by atoms with E-state index in [1.807, 2.05) is 33.8 Å². The number of aliphatic imine (C=N–C) groups is 1. The van der Waals surface area contributed by atoms with Crippen molar-refractivity contribution in [1.29, 1.82) is 0 Å². The minimum Gasteiger partial charge on any atom is -0.364 e. The van der Waals surface area contributed by atoms with Crippen LogP contribution in [0.2, 0.25) is 0 Å². The third-order valence-electron chi connectivity index (χ3n) is 6.21. The predicted octanol–water partition coefficient (Wildman–Crippen LogP) is 5.14. The molecule has 5 heteroatoms. The van der Waals surface area contributed by atoms with Crippen LogP contribution >= 0.6 is 0 Å². The molecule has 5 rings (SSSR count). The molecule has 3 heterocycles. The van der Waals surface area contributed by atoms with Gasteiger partial charge in [0.2, 0.25) is 0 Å². The lowest BCUT2D eigenvalue weighted by molar-refractivity contribution is -0.00722. The first-order chi connectivity index (χ1) is 13.3. The minimum absolute atomic E-state index is 0.0521. The van der Waals surface area contributed by atoms with Gasteiger partial charge in [0.05, 0.1) is 17.0 Å². The number of aryl methyl sites for hydroxylation is 2. The van der Waals surface area contributed by atoms with Crippen LogP contribution in [0.5, 0.6) is 0 Å². The molecule has 5 nitrogen and oxygen atoms in total. The third-order valence-corrected chi connectivity index (χ3v) is 6.21. The minimum atomic E-state index is -0.390. The van der Waals surface area contributed by atoms with Crippen molar-refractivity contribution >= 4 is 17.2 Å². The number of hydrogen-bond acceptors (Lipinski definition) is 5. The molecule has 2 fully saturated rings. The number of nitrogens with zero attached hydrogens (tertiary/aromatic N) is 2. The molecule has 0 N–H and O–H groups in total. The monoisotopic (exact) mass is 378 g/mol. The zero-order valence-corrected chi connectivity index (χ0v) is 17.0. The maximum absolute atomic E-state index is 13.4. The summed E-state index contributed by atoms with van der Waals surface area (Å²) >= 11 is 0. The van der Waals surface area contributed by atoms with Crippen LogP contribution in [0.15, 0.2) is 21.6 Å². The summed E-state index contributed by atoms with van der Waals surface area (Å²) in [5, 5.41) is 4.10. The highest BCUT2D eigenvalue weighted by molar-refractivity contribution is 6.09. The number of ketones is 1. The Kier molecular flexibility index (Phi) is 3.89. The van der Waals surface area contributed by atoms with Crippen molar-refractivity contribution in [3.8, 4) is 11.1 Å². The lowest BCUT2D eigenvalue weighted by Crippen LogP contribution is -2.26. The molecule has 1 aliphatic carbocycles. The molecule has 0 bridgehead atoms. The van der Waals surface area contributed by atoms with E-state index >= 15 is 0 Å². The van der Waals surface area contributed by atoms with Gasteiger partial charge in [0.25, 0.3) is 0 Å². The Balaban J connectivity index is 1.61. The summed E-state index contributed by atoms with van der Waals surface area (Å²) in [6.07, 6.45) is 4.54. The molecule has 1 atom stereocenters. The van der Waals surface area contributed by atoms with Gasteiger partial charge in [0.15, 0.2) is 5.78 Å². The molecule has 1 unspecified atom stereocenters. The summed E-state index contributed by atoms with van der Waals surface area (Å²) in [6.45, 7) is 7.96. The highest BCUT2D eigenvalue weighted by Crippen LogP contribution is 2.43. The Bertz CT molecular complexity index is 992. The first-order valence-corrected chi connectivity index (χ1v) is 10.2. The lowest BCUT2D eigenvalue weighted by atomic mass is 9.92. The van der Waals surface area contributed by atoms with Crippen molar-refractivity contribution in [2.45, 2.75) is 71.5 Å². The fraction of sp³-hybridized carbons (Fsp3) is 0.522. The number of rotatable bonds is 4. The Morgan fingerprint density at radius 2 is 1.96 bits per heavy atom. The number of hydrogen-bond donors (Lipinski definition) is 0. The van der Waals surface area contributed by atoms with Crippen LogP contribution in [0, 0.1) is 19.8 Å². The lowest BCUT2D eigenvalue weighted by Gasteiger charge is -2.19. The molecule has 146 valence electrons. The molecule has 1 saturated heterocycles. The van der Waals surface area contributed by atoms with Crippen LogP contribution < -0.4 is 0 Å². The first-order valence-electron chi connectivity index (χ1n) is 10.2. The van der Waals surface area contributed by atoms with Gasteiger partial charge >= 0.3 is 0 Å². The van der Waals surface area contributed by atoms with Gasteiger partial charge < -0.3 is 9.26 Å². The topological polar surface area (TPSA) is 64.7 Å². The number of carbonyl (C=O) groups is 1. The average molecular weight is 378 g/mol. The number of aromatic nitrogens is 1. The van der Waals surface area contributed by atoms with Crippen LogP contribution in [0.3, 0.4) is 0 Å². The fourth-order valence-corrected chi connectivity index (χ4v) is 4.56. The van der Waals surface area contributed by atoms with E-state index in [-0.39, 0.29) is 17.5 Å². The molecule has 1 aromatic heterocycles. The molecule has 0 amide bonds. The molecule has 2 aliphatic heterocycles. The van der Waals surface area contributed by atoms with Gasteiger partial charge in [-0.25, -0.2) is 0 Å². The van der Waals surface area contributed by atoms with Crippen molar-refractivity contribution in [1.82, 2.24) is 5.16 Å². The number of fused-ring (bicyclic) bond motifs is 1. The molecule has 3 aliphatic rings. The second-order valence-electron chi connectivity index (χ2n) is 9.05. The van der Waals surface area contributed by atoms with Crippen molar-refractivity contribution in [2.24, 2.45) is 10.9 Å². The molecule has 0 radical (unpaired) electrons. The quantitative estimate of drug-likeness (QED) is 0.691. The van der Waals surface area contributed by atoms with E-state index in [1.54, 1.807) is 0 Å². The van der Waals surface area contributed by atoms with E-state index in [9.17, 15) is 4.79 Å². The van der Waals surface area contributed by atoms with Crippen molar-refractivity contribution < 1.29 is 14.1 Å². The van der Waals surface area contributed by atoms with Gasteiger partial charge in [-0.2, -0.15) is 0 Å². The second kappa shape index (κ2) is 6.11. The Morgan fingerprint density at radius 3 is 2.57 bits per heavy atom. The van der Waals surface area contributed by atoms with Gasteiger partial charge in [-0.15, -0.1) is 0 Å². The first kappa shape index (κ1) is 17.8. The van der Waals surface area contributed by atoms with Crippen molar-refractivity contribution in [3.63, 3.8) is 0 Å². The highest BCUT2D eigenvalue weighted by Gasteiger charge is 2.39. The summed E-state index contributed by atoms with van der Waals surface area (Å²) in [5.74, 6) is 1.42. The van der Waals surface area contributed by atoms with Crippen molar-refractivity contribution in [3.05, 3.63) is 34.7 Å². The Hall–Kier alpha value is -2.27. The number of Topliss-reactive ketones (excluding diaryl/α,β-unsaturated/α-hetero) is 1. The maximum Gasteiger partial charge on any atom is 0.193 e. The second-order valence-corrected chi connectivity index (χ2v) is 9.05. The third kappa shape index (κ3) is 2.93. The summed E-state index contributed by atoms with van der Waals surface area (Å²) in [5.41, 5.74) is 6.47. The molecule has 28 heavy (non-hydrogen) atoms. The predicted molar refractivity (Wildman–Crippen MR) is 107 cm³/mol. The van der Waals surface area contributed by atoms with Gasteiger partial charge in [0.1, 0.15) is 11.9 Å². The van der Waals surface area contributed by atoms with E-state index in [2.05, 4.69) is 11.2 Å². The largest absolute Gasteiger partial charge is 0.364 e. The maximum atomic E-state index is 13.4. The summed E-state index contributed by atoms with van der Waals surface area (Å²) in [4.78, 5) is 18.4. The summed E-state index contributed by atoms with van der Waals surface area (Å²) < 4.78 is 11.4. The van der Waals surface area contributed by atoms with Crippen molar-refractivity contribution in [2.75, 3.05) is 0 Å². The number of benzene rings is 1. The van der Waals surface area contributed by atoms with Crippen LogP contribution in [-0.2, 0) is 11.2 Å². The van der Waals surface area contributed by atoms with Crippen LogP contribution in [0.25, 0.3) is 11.1 Å². The van der Waals surface area contributed by atoms with Crippen LogP contribution in [-0.4, -0.2) is 28.4 Å². The molecular weight excluding hydrogens is 352 g/mol. The molecule has 2 aromatic rings. The smallest absolute Gasteiger partial charge is 0.193 e. The summed E-state index contributed by atoms with van der Waals surface area (Å²) in [7, 11) is 0. The van der Waals surface area contributed by atoms with Crippen LogP contribution in [0.4, 0.5) is 5.69 Å². The van der Waals surface area contributed by atoms with E-state index in [1.165, 1.54) is 18.6 Å². The number of ether oxygens (including phenoxy) is 1. The van der Waals surface area contributed by atoms with E-state index < -0.39 is 0 Å². The van der Waals surface area contributed by atoms with Gasteiger partial charge in [0, 0.05) is 23.3 Å². The average Bonchev–Trinajstić information content (AvgIpc) is 3.18. The number of carbonyl (C=O) groups excluding carboxylic acids is 1. The van der Waals surface area contributed by atoms with Gasteiger partial charge in [-0.1, -0.05) is 5.16 Å². The van der Waals surface area contributed by atoms with Gasteiger partial charge in [-0.05, 0) is 82.6 Å². The Labute approximate surface area is 165 Å². The van der Waals surface area contributed by atoms with E-state index in [0.717, 1.165) is 53.1 Å². The zero-order valence-electron chi connectivity index (χ0n) is 17.0. The van der Waals surface area contributed by atoms with Gasteiger partial charge in [-0.3, -0.25) is 9.79 Å². The fourth-order valence-electron chi connectivity index (χ4n) is 4.56. The standard InChI is InChI=1S/C23H26N2O3/c1-12-20(13(2)28-25-12)15-9-16-11-18(14-5-6-14)24-21(16)17(10-15)22(26)19-7-8-23(3,4)27-19/h9-10,14,19H,5-8,11H2,1-4H3. The Morgan fingerprint density at radius 1 is 1.18 bits per heavy atom. The van der Waals surface area contributed by atoms with E-state index in [0.29, 0.717) is 11.5 Å².